The van der Waals surface area contributed by atoms with Gasteiger partial charge in [0.15, 0.2) is 11.5 Å². The molecular formula is C22H22N2O6S2. The van der Waals surface area contributed by atoms with E-state index in [4.69, 9.17) is 14.2 Å². The second-order valence-electron chi connectivity index (χ2n) is 6.90. The van der Waals surface area contributed by atoms with Gasteiger partial charge in [-0.25, -0.2) is 13.1 Å². The summed E-state index contributed by atoms with van der Waals surface area (Å²) in [4.78, 5) is 13.4. The Kier molecular flexibility index (Phi) is 6.75. The van der Waals surface area contributed by atoms with E-state index in [1.54, 1.807) is 54.6 Å². The second kappa shape index (κ2) is 9.70. The van der Waals surface area contributed by atoms with E-state index in [-0.39, 0.29) is 16.7 Å². The Hall–Kier alpha value is -2.92. The van der Waals surface area contributed by atoms with Crippen molar-refractivity contribution < 1.29 is 27.4 Å². The van der Waals surface area contributed by atoms with Gasteiger partial charge in [0.25, 0.3) is 5.91 Å². The van der Waals surface area contributed by atoms with E-state index in [1.807, 2.05) is 0 Å². The summed E-state index contributed by atoms with van der Waals surface area (Å²) >= 11 is 1.16. The zero-order valence-corrected chi connectivity index (χ0v) is 18.9. The first kappa shape index (κ1) is 22.3. The van der Waals surface area contributed by atoms with Crippen molar-refractivity contribution in [2.75, 3.05) is 38.8 Å². The molecule has 0 saturated heterocycles. The molecule has 2 heterocycles. The highest BCUT2D eigenvalue weighted by molar-refractivity contribution is 7.91. The standard InChI is InChI=1S/C22H22N2O6S2/c1-28-11-10-23-32(26,27)21-9-8-20(31-21)15-2-4-16(5-3-15)22(25)24-17-6-7-18-19(14-17)30-13-12-29-18/h2-9,14,23H,10-13H2,1H3,(H,24,25). The van der Waals surface area contributed by atoms with Crippen molar-refractivity contribution in [1.29, 1.82) is 0 Å². The predicted molar refractivity (Wildman–Crippen MR) is 122 cm³/mol. The number of benzene rings is 2. The summed E-state index contributed by atoms with van der Waals surface area (Å²) in [6, 6.07) is 15.6. The van der Waals surface area contributed by atoms with Crippen LogP contribution in [0.4, 0.5) is 5.69 Å². The number of thiophene rings is 1. The monoisotopic (exact) mass is 474 g/mol. The van der Waals surface area contributed by atoms with Crippen LogP contribution in [0, 0.1) is 0 Å². The van der Waals surface area contributed by atoms with Crippen LogP contribution in [0.1, 0.15) is 10.4 Å². The van der Waals surface area contributed by atoms with Crippen LogP contribution in [0.25, 0.3) is 10.4 Å². The lowest BCUT2D eigenvalue weighted by molar-refractivity contribution is 0.102. The van der Waals surface area contributed by atoms with Gasteiger partial charge in [-0.3, -0.25) is 4.79 Å². The first-order valence-corrected chi connectivity index (χ1v) is 12.2. The molecule has 0 fully saturated rings. The molecule has 4 rings (SSSR count). The zero-order valence-electron chi connectivity index (χ0n) is 17.3. The van der Waals surface area contributed by atoms with Crippen LogP contribution >= 0.6 is 11.3 Å². The Labute approximate surface area is 190 Å². The quantitative estimate of drug-likeness (QED) is 0.486. The number of amides is 1. The summed E-state index contributed by atoms with van der Waals surface area (Å²) in [7, 11) is -2.07. The van der Waals surface area contributed by atoms with E-state index in [0.29, 0.717) is 42.6 Å². The Bertz CT molecular complexity index is 1210. The van der Waals surface area contributed by atoms with Crippen LogP contribution < -0.4 is 19.5 Å². The van der Waals surface area contributed by atoms with Crippen molar-refractivity contribution in [3.05, 3.63) is 60.2 Å². The molecule has 0 radical (unpaired) electrons. The largest absolute Gasteiger partial charge is 0.486 e. The van der Waals surface area contributed by atoms with Gasteiger partial charge < -0.3 is 19.5 Å². The van der Waals surface area contributed by atoms with Crippen molar-refractivity contribution >= 4 is 33.0 Å². The van der Waals surface area contributed by atoms with E-state index >= 15 is 0 Å². The summed E-state index contributed by atoms with van der Waals surface area (Å²) in [6.45, 7) is 1.49. The normalized spacial score (nSPS) is 13.0. The summed E-state index contributed by atoms with van der Waals surface area (Å²) in [6.07, 6.45) is 0. The minimum absolute atomic E-state index is 0.208. The average molecular weight is 475 g/mol. The lowest BCUT2D eigenvalue weighted by atomic mass is 10.1. The molecule has 10 heteroatoms. The first-order valence-electron chi connectivity index (χ1n) is 9.86. The molecule has 0 aliphatic carbocycles. The molecule has 1 aliphatic heterocycles. The molecule has 32 heavy (non-hydrogen) atoms. The van der Waals surface area contributed by atoms with E-state index in [1.165, 1.54) is 7.11 Å². The van der Waals surface area contributed by atoms with Gasteiger partial charge >= 0.3 is 0 Å². The highest BCUT2D eigenvalue weighted by Crippen LogP contribution is 2.33. The van der Waals surface area contributed by atoms with Gasteiger partial charge in [0.1, 0.15) is 17.4 Å². The lowest BCUT2D eigenvalue weighted by Crippen LogP contribution is -2.26. The fourth-order valence-electron chi connectivity index (χ4n) is 3.08. The molecule has 1 amide bonds. The van der Waals surface area contributed by atoms with Crippen LogP contribution in [0.5, 0.6) is 11.5 Å². The minimum Gasteiger partial charge on any atom is -0.486 e. The van der Waals surface area contributed by atoms with Gasteiger partial charge in [0, 0.05) is 35.8 Å². The Morgan fingerprint density at radius 3 is 2.53 bits per heavy atom. The Morgan fingerprint density at radius 2 is 1.78 bits per heavy atom. The second-order valence-corrected chi connectivity index (χ2v) is 9.98. The van der Waals surface area contributed by atoms with Gasteiger partial charge in [-0.05, 0) is 42.0 Å². The molecule has 0 unspecified atom stereocenters. The van der Waals surface area contributed by atoms with E-state index in [2.05, 4.69) is 10.0 Å². The molecule has 168 valence electrons. The van der Waals surface area contributed by atoms with Crippen molar-refractivity contribution in [1.82, 2.24) is 4.72 Å². The number of methoxy groups -OCH3 is 1. The lowest BCUT2D eigenvalue weighted by Gasteiger charge is -2.19. The topological polar surface area (TPSA) is 103 Å². The molecule has 3 aromatic rings. The number of fused-ring (bicyclic) bond motifs is 1. The highest BCUT2D eigenvalue weighted by atomic mass is 32.2. The van der Waals surface area contributed by atoms with E-state index in [9.17, 15) is 13.2 Å². The molecule has 2 aromatic carbocycles. The molecule has 0 atom stereocenters. The van der Waals surface area contributed by atoms with Gasteiger partial charge in [-0.1, -0.05) is 12.1 Å². The summed E-state index contributed by atoms with van der Waals surface area (Å²) < 4.78 is 43.3. The minimum atomic E-state index is -3.58. The van der Waals surface area contributed by atoms with Crippen LogP contribution in [0.3, 0.4) is 0 Å². The maximum atomic E-state index is 12.6. The first-order chi connectivity index (χ1) is 15.5. The van der Waals surface area contributed by atoms with Crippen molar-refractivity contribution in [2.24, 2.45) is 0 Å². The third-order valence-electron chi connectivity index (χ3n) is 4.68. The number of ether oxygens (including phenoxy) is 3. The van der Waals surface area contributed by atoms with E-state index < -0.39 is 10.0 Å². The molecule has 1 aliphatic rings. The van der Waals surface area contributed by atoms with Gasteiger partial charge in [0.05, 0.1) is 6.61 Å². The number of nitrogens with one attached hydrogen (secondary N) is 2. The third-order valence-corrected chi connectivity index (χ3v) is 7.76. The van der Waals surface area contributed by atoms with Gasteiger partial charge in [-0.2, -0.15) is 0 Å². The highest BCUT2D eigenvalue weighted by Gasteiger charge is 2.17. The fraction of sp³-hybridized carbons (Fsp3) is 0.227. The number of rotatable bonds is 8. The maximum absolute atomic E-state index is 12.6. The predicted octanol–water partition coefficient (Wildman–Crippen LogP) is 3.36. The maximum Gasteiger partial charge on any atom is 0.255 e. The number of sulfonamides is 1. The third kappa shape index (κ3) is 5.10. The molecule has 0 bridgehead atoms. The van der Waals surface area contributed by atoms with Gasteiger partial charge in [-0.15, -0.1) is 11.3 Å². The van der Waals surface area contributed by atoms with Crippen LogP contribution in [0.15, 0.2) is 58.8 Å². The Morgan fingerprint density at radius 1 is 1.03 bits per heavy atom. The van der Waals surface area contributed by atoms with Gasteiger partial charge in [0.2, 0.25) is 10.0 Å². The summed E-state index contributed by atoms with van der Waals surface area (Å²) in [5, 5.41) is 2.85. The Balaban J connectivity index is 1.43. The number of carbonyl (C=O) groups excluding carboxylic acids is 1. The van der Waals surface area contributed by atoms with Crippen molar-refractivity contribution in [3.8, 4) is 21.9 Å². The molecule has 2 N–H and O–H groups in total. The smallest absolute Gasteiger partial charge is 0.255 e. The summed E-state index contributed by atoms with van der Waals surface area (Å²) in [5.41, 5.74) is 1.91. The number of carbonyl (C=O) groups is 1. The van der Waals surface area contributed by atoms with Crippen LogP contribution in [-0.4, -0.2) is 47.8 Å². The molecule has 0 saturated carbocycles. The fourth-order valence-corrected chi connectivity index (χ4v) is 5.45. The molecule has 8 nitrogen and oxygen atoms in total. The number of anilines is 1. The molecule has 1 aromatic heterocycles. The average Bonchev–Trinajstić information content (AvgIpc) is 3.31. The molecular weight excluding hydrogens is 452 g/mol. The molecule has 0 spiro atoms. The number of hydrogen-bond donors (Lipinski definition) is 2. The van der Waals surface area contributed by atoms with Crippen molar-refractivity contribution in [2.45, 2.75) is 4.21 Å². The zero-order chi connectivity index (χ0) is 22.6. The number of hydrogen-bond acceptors (Lipinski definition) is 7. The van der Waals surface area contributed by atoms with Crippen LogP contribution in [0.2, 0.25) is 0 Å². The van der Waals surface area contributed by atoms with Crippen LogP contribution in [-0.2, 0) is 14.8 Å². The van der Waals surface area contributed by atoms with E-state index in [0.717, 1.165) is 21.8 Å². The summed E-state index contributed by atoms with van der Waals surface area (Å²) in [5.74, 6) is 0.999. The van der Waals surface area contributed by atoms with Crippen molar-refractivity contribution in [3.63, 3.8) is 0 Å². The SMILES string of the molecule is COCCNS(=O)(=O)c1ccc(-c2ccc(C(=O)Nc3ccc4c(c3)OCCO4)cc2)s1.